The molecule has 2 saturated carbocycles. The average Bonchev–Trinajstić information content (AvgIpc) is 2.57. The van der Waals surface area contributed by atoms with E-state index in [4.69, 9.17) is 0 Å². The average molecular weight is 277 g/mol. The molecular formula is C16H23NO3. The first-order valence-electron chi connectivity index (χ1n) is 7.83. The van der Waals surface area contributed by atoms with Crippen molar-refractivity contribution >= 4 is 5.78 Å². The van der Waals surface area contributed by atoms with Crippen molar-refractivity contribution in [3.05, 3.63) is 11.6 Å². The van der Waals surface area contributed by atoms with Gasteiger partial charge in [0.1, 0.15) is 5.72 Å². The summed E-state index contributed by atoms with van der Waals surface area (Å²) in [6.45, 7) is 3.47. The van der Waals surface area contributed by atoms with E-state index in [1.54, 1.807) is 0 Å². The van der Waals surface area contributed by atoms with Crippen LogP contribution in [0.25, 0.3) is 0 Å². The van der Waals surface area contributed by atoms with Gasteiger partial charge in [-0.25, -0.2) is 0 Å². The van der Waals surface area contributed by atoms with Gasteiger partial charge in [-0.2, -0.15) is 0 Å². The Labute approximate surface area is 119 Å². The zero-order valence-electron chi connectivity index (χ0n) is 12.1. The van der Waals surface area contributed by atoms with Crippen LogP contribution in [0, 0.1) is 11.3 Å². The first-order valence-corrected chi connectivity index (χ1v) is 7.83. The van der Waals surface area contributed by atoms with Gasteiger partial charge in [-0.1, -0.05) is 6.08 Å². The summed E-state index contributed by atoms with van der Waals surface area (Å²) in [6, 6.07) is 0. The van der Waals surface area contributed by atoms with Crippen molar-refractivity contribution < 1.29 is 15.0 Å². The summed E-state index contributed by atoms with van der Waals surface area (Å²) in [5.41, 5.74) is -1.45. The lowest BCUT2D eigenvalue weighted by Crippen LogP contribution is -2.70. The van der Waals surface area contributed by atoms with Gasteiger partial charge in [0, 0.05) is 36.9 Å². The Balaban J connectivity index is 1.95. The monoisotopic (exact) mass is 277 g/mol. The molecule has 0 amide bonds. The summed E-state index contributed by atoms with van der Waals surface area (Å²) < 4.78 is 0. The highest BCUT2D eigenvalue weighted by molar-refractivity contribution is 6.00. The minimum absolute atomic E-state index is 0.0934. The van der Waals surface area contributed by atoms with Crippen LogP contribution >= 0.6 is 0 Å². The molecule has 1 spiro atoms. The molecule has 0 radical (unpaired) electrons. The second kappa shape index (κ2) is 3.73. The number of hydrogen-bond acceptors (Lipinski definition) is 4. The molecule has 0 aromatic carbocycles. The zero-order valence-corrected chi connectivity index (χ0v) is 12.1. The van der Waals surface area contributed by atoms with E-state index in [1.807, 2.05) is 6.92 Å². The van der Waals surface area contributed by atoms with E-state index >= 15 is 0 Å². The second-order valence-electron chi connectivity index (χ2n) is 7.49. The maximum absolute atomic E-state index is 12.5. The lowest BCUT2D eigenvalue weighted by atomic mass is 9.54. The minimum atomic E-state index is -1.04. The van der Waals surface area contributed by atoms with E-state index in [2.05, 4.69) is 11.0 Å². The molecule has 110 valence electrons. The third kappa shape index (κ3) is 1.35. The SMILES string of the molecule is C[C@@]1(O)C[C@@H]2CC(=O)C3=CCCN4CCC[C@@]32[C@@]4(O)C1. The molecule has 0 aromatic heterocycles. The summed E-state index contributed by atoms with van der Waals surface area (Å²) in [4.78, 5) is 14.6. The van der Waals surface area contributed by atoms with Crippen LogP contribution in [-0.4, -0.2) is 45.3 Å². The van der Waals surface area contributed by atoms with Crippen LogP contribution in [0.3, 0.4) is 0 Å². The number of carbonyl (C=O) groups is 1. The number of nitrogens with zero attached hydrogens (tertiary/aromatic N) is 1. The summed E-state index contributed by atoms with van der Waals surface area (Å²) >= 11 is 0. The van der Waals surface area contributed by atoms with Crippen LogP contribution in [0.1, 0.15) is 45.4 Å². The lowest BCUT2D eigenvalue weighted by molar-refractivity contribution is -0.267. The quantitative estimate of drug-likeness (QED) is 0.699. The predicted octanol–water partition coefficient (Wildman–Crippen LogP) is 1.22. The van der Waals surface area contributed by atoms with E-state index in [9.17, 15) is 15.0 Å². The molecule has 4 nitrogen and oxygen atoms in total. The van der Waals surface area contributed by atoms with Crippen LogP contribution in [-0.2, 0) is 4.79 Å². The first kappa shape index (κ1) is 13.0. The zero-order chi connectivity index (χ0) is 14.2. The van der Waals surface area contributed by atoms with Gasteiger partial charge in [0.25, 0.3) is 0 Å². The van der Waals surface area contributed by atoms with E-state index in [0.29, 0.717) is 19.3 Å². The van der Waals surface area contributed by atoms with E-state index < -0.39 is 16.7 Å². The van der Waals surface area contributed by atoms with Crippen molar-refractivity contribution in [2.45, 2.75) is 56.8 Å². The van der Waals surface area contributed by atoms with Crippen molar-refractivity contribution in [1.29, 1.82) is 0 Å². The Morgan fingerprint density at radius 1 is 1.35 bits per heavy atom. The molecule has 2 aliphatic carbocycles. The Morgan fingerprint density at radius 2 is 2.15 bits per heavy atom. The summed E-state index contributed by atoms with van der Waals surface area (Å²) in [7, 11) is 0. The number of aliphatic hydroxyl groups is 2. The molecule has 2 bridgehead atoms. The number of piperidine rings is 1. The Morgan fingerprint density at radius 3 is 2.95 bits per heavy atom. The van der Waals surface area contributed by atoms with Gasteiger partial charge in [0.15, 0.2) is 5.78 Å². The normalized spacial score (nSPS) is 54.1. The first-order chi connectivity index (χ1) is 9.39. The van der Waals surface area contributed by atoms with E-state index in [-0.39, 0.29) is 11.7 Å². The largest absolute Gasteiger partial charge is 0.390 e. The fourth-order valence-corrected chi connectivity index (χ4v) is 5.68. The van der Waals surface area contributed by atoms with Gasteiger partial charge >= 0.3 is 0 Å². The summed E-state index contributed by atoms with van der Waals surface area (Å²) in [6.07, 6.45) is 6.33. The molecule has 4 heteroatoms. The number of Topliss-reactive ketones (excluding diaryl/α,β-unsaturated/α-hetero) is 1. The highest BCUT2D eigenvalue weighted by Crippen LogP contribution is 2.65. The highest BCUT2D eigenvalue weighted by atomic mass is 16.3. The molecule has 2 aliphatic heterocycles. The fraction of sp³-hybridized carbons (Fsp3) is 0.812. The van der Waals surface area contributed by atoms with Crippen LogP contribution in [0.4, 0.5) is 0 Å². The van der Waals surface area contributed by atoms with E-state index in [0.717, 1.165) is 37.9 Å². The van der Waals surface area contributed by atoms with Crippen LogP contribution in [0.15, 0.2) is 11.6 Å². The standard InChI is InChI=1S/C16H23NO3/c1-14(19)9-11-8-13(18)12-4-2-6-17-7-3-5-15(11,12)16(17,20)10-14/h4,11,19-20H,2-3,5-10H2,1H3/t11-,14+,15-,16-/m0/s1. The summed E-state index contributed by atoms with van der Waals surface area (Å²) in [5.74, 6) is 0.297. The summed E-state index contributed by atoms with van der Waals surface area (Å²) in [5, 5.41) is 22.2. The van der Waals surface area contributed by atoms with E-state index in [1.165, 1.54) is 0 Å². The third-order valence-electron chi connectivity index (χ3n) is 6.21. The maximum atomic E-state index is 12.5. The van der Waals surface area contributed by atoms with Crippen molar-refractivity contribution in [3.8, 4) is 0 Å². The van der Waals surface area contributed by atoms with Crippen LogP contribution in [0.5, 0.6) is 0 Å². The van der Waals surface area contributed by atoms with Gasteiger partial charge < -0.3 is 10.2 Å². The Hall–Kier alpha value is -0.710. The predicted molar refractivity (Wildman–Crippen MR) is 73.9 cm³/mol. The molecular weight excluding hydrogens is 254 g/mol. The molecule has 5 atom stereocenters. The molecule has 3 fully saturated rings. The van der Waals surface area contributed by atoms with Gasteiger partial charge in [-0.15, -0.1) is 0 Å². The molecule has 20 heavy (non-hydrogen) atoms. The van der Waals surface area contributed by atoms with Gasteiger partial charge in [-0.05, 0) is 38.5 Å². The number of hydrogen-bond donors (Lipinski definition) is 2. The Bertz CT molecular complexity index is 512. The van der Waals surface area contributed by atoms with Gasteiger partial charge in [-0.3, -0.25) is 9.69 Å². The van der Waals surface area contributed by atoms with Crippen molar-refractivity contribution in [3.63, 3.8) is 0 Å². The van der Waals surface area contributed by atoms with Crippen molar-refractivity contribution in [2.24, 2.45) is 11.3 Å². The van der Waals surface area contributed by atoms with Gasteiger partial charge in [0.2, 0.25) is 0 Å². The topological polar surface area (TPSA) is 60.8 Å². The molecule has 1 unspecified atom stereocenters. The van der Waals surface area contributed by atoms with Crippen LogP contribution < -0.4 is 0 Å². The second-order valence-corrected chi connectivity index (χ2v) is 7.49. The number of ketones is 1. The van der Waals surface area contributed by atoms with Crippen LogP contribution in [0.2, 0.25) is 0 Å². The molecule has 2 N–H and O–H groups in total. The number of carbonyl (C=O) groups excluding carboxylic acids is 1. The Kier molecular flexibility index (Phi) is 2.42. The van der Waals surface area contributed by atoms with Crippen molar-refractivity contribution in [1.82, 2.24) is 4.90 Å². The smallest absolute Gasteiger partial charge is 0.159 e. The maximum Gasteiger partial charge on any atom is 0.159 e. The molecule has 4 aliphatic rings. The molecule has 0 aromatic rings. The lowest BCUT2D eigenvalue weighted by Gasteiger charge is -2.62. The molecule has 1 saturated heterocycles. The molecule has 2 heterocycles. The third-order valence-corrected chi connectivity index (χ3v) is 6.21. The molecule has 4 rings (SSSR count). The highest BCUT2D eigenvalue weighted by Gasteiger charge is 2.70. The van der Waals surface area contributed by atoms with Gasteiger partial charge in [0.05, 0.1) is 5.60 Å². The number of rotatable bonds is 0. The minimum Gasteiger partial charge on any atom is -0.390 e. The van der Waals surface area contributed by atoms with Crippen molar-refractivity contribution in [2.75, 3.05) is 13.1 Å². The fourth-order valence-electron chi connectivity index (χ4n) is 5.68.